The van der Waals surface area contributed by atoms with E-state index < -0.39 is 31.0 Å². The van der Waals surface area contributed by atoms with Crippen LogP contribution in [0.3, 0.4) is 0 Å². The molecule has 0 aromatic rings. The van der Waals surface area contributed by atoms with Gasteiger partial charge in [-0.3, -0.25) is 0 Å². The molecule has 3 unspecified atom stereocenters. The van der Waals surface area contributed by atoms with E-state index in [1.165, 1.54) is 0 Å². The molecule has 0 aromatic carbocycles. The zero-order valence-corrected chi connectivity index (χ0v) is 7.01. The molecular formula is C7H16O5. The maximum absolute atomic E-state index is 9.43. The minimum absolute atomic E-state index is 0.0989. The first-order chi connectivity index (χ1) is 5.51. The molecule has 12 heavy (non-hydrogen) atoms. The zero-order valence-electron chi connectivity index (χ0n) is 7.01. The molecule has 0 bridgehead atoms. The van der Waals surface area contributed by atoms with Gasteiger partial charge in [-0.1, -0.05) is 6.92 Å². The second-order valence-electron chi connectivity index (χ2n) is 2.81. The van der Waals surface area contributed by atoms with E-state index >= 15 is 0 Å². The van der Waals surface area contributed by atoms with Gasteiger partial charge >= 0.3 is 0 Å². The molecule has 0 aliphatic heterocycles. The molecule has 0 spiro atoms. The third-order valence-electron chi connectivity index (χ3n) is 1.99. The summed E-state index contributed by atoms with van der Waals surface area (Å²) >= 11 is 0. The Balaban J connectivity index is 4.29. The van der Waals surface area contributed by atoms with Gasteiger partial charge in [-0.2, -0.15) is 0 Å². The minimum Gasteiger partial charge on any atom is -0.394 e. The molecule has 0 heterocycles. The van der Waals surface area contributed by atoms with Crippen LogP contribution in [0.5, 0.6) is 0 Å². The monoisotopic (exact) mass is 180 g/mol. The van der Waals surface area contributed by atoms with Crippen LogP contribution in [0, 0.1) is 0 Å². The molecule has 0 radical (unpaired) electrons. The Bertz CT molecular complexity index is 123. The Morgan fingerprint density at radius 2 is 1.75 bits per heavy atom. The molecule has 0 amide bonds. The van der Waals surface area contributed by atoms with Crippen LogP contribution >= 0.6 is 0 Å². The fraction of sp³-hybridized carbons (Fsp3) is 1.00. The van der Waals surface area contributed by atoms with E-state index in [2.05, 4.69) is 0 Å². The summed E-state index contributed by atoms with van der Waals surface area (Å²) in [4.78, 5) is 0. The quantitative estimate of drug-likeness (QED) is 0.331. The average Bonchev–Trinajstić information content (AvgIpc) is 2.14. The van der Waals surface area contributed by atoms with Crippen molar-refractivity contribution >= 4 is 0 Å². The van der Waals surface area contributed by atoms with Gasteiger partial charge in [-0.15, -0.1) is 0 Å². The highest BCUT2D eigenvalue weighted by atomic mass is 16.4. The van der Waals surface area contributed by atoms with Crippen LogP contribution in [0.15, 0.2) is 0 Å². The number of aliphatic hydroxyl groups excluding tert-OH is 4. The summed E-state index contributed by atoms with van der Waals surface area (Å²) in [5, 5.41) is 44.8. The largest absolute Gasteiger partial charge is 0.394 e. The molecule has 5 N–H and O–H groups in total. The fourth-order valence-electron chi connectivity index (χ4n) is 0.872. The third kappa shape index (κ3) is 2.40. The third-order valence-corrected chi connectivity index (χ3v) is 1.99. The molecule has 0 aliphatic carbocycles. The van der Waals surface area contributed by atoms with Crippen LogP contribution in [0.25, 0.3) is 0 Å². The second-order valence-corrected chi connectivity index (χ2v) is 2.81. The topological polar surface area (TPSA) is 101 Å². The van der Waals surface area contributed by atoms with Crippen molar-refractivity contribution < 1.29 is 25.5 Å². The van der Waals surface area contributed by atoms with E-state index in [0.29, 0.717) is 0 Å². The molecule has 0 aliphatic rings. The Kier molecular flexibility index (Phi) is 4.66. The average molecular weight is 180 g/mol. The Labute approximate surface area is 70.9 Å². The molecule has 0 saturated heterocycles. The summed E-state index contributed by atoms with van der Waals surface area (Å²) in [7, 11) is 0. The van der Waals surface area contributed by atoms with Gasteiger partial charge in [0.1, 0.15) is 17.8 Å². The van der Waals surface area contributed by atoms with E-state index in [9.17, 15) is 10.2 Å². The Hall–Kier alpha value is -0.200. The van der Waals surface area contributed by atoms with Crippen LogP contribution in [0.1, 0.15) is 13.3 Å². The van der Waals surface area contributed by atoms with Crippen molar-refractivity contribution in [2.75, 3.05) is 13.2 Å². The molecule has 0 fully saturated rings. The molecule has 5 nitrogen and oxygen atoms in total. The number of rotatable bonds is 5. The Morgan fingerprint density at radius 3 is 2.00 bits per heavy atom. The number of aliphatic hydroxyl groups is 5. The summed E-state index contributed by atoms with van der Waals surface area (Å²) in [6, 6.07) is 0. The number of hydrogen-bond donors (Lipinski definition) is 5. The summed E-state index contributed by atoms with van der Waals surface area (Å²) < 4.78 is 0. The molecule has 74 valence electrons. The molecule has 3 atom stereocenters. The molecular weight excluding hydrogens is 164 g/mol. The van der Waals surface area contributed by atoms with Crippen molar-refractivity contribution in [1.29, 1.82) is 0 Å². The molecule has 0 aromatic heterocycles. The van der Waals surface area contributed by atoms with Crippen LogP contribution in [0.2, 0.25) is 0 Å². The minimum atomic E-state index is -1.73. The predicted molar refractivity (Wildman–Crippen MR) is 41.4 cm³/mol. The van der Waals surface area contributed by atoms with Crippen LogP contribution < -0.4 is 0 Å². The van der Waals surface area contributed by atoms with Crippen molar-refractivity contribution in [3.05, 3.63) is 0 Å². The molecule has 0 saturated carbocycles. The number of hydrogen-bond acceptors (Lipinski definition) is 5. The zero-order chi connectivity index (χ0) is 9.78. The smallest absolute Gasteiger partial charge is 0.116 e. The lowest BCUT2D eigenvalue weighted by atomic mass is 9.91. The lowest BCUT2D eigenvalue weighted by Crippen LogP contribution is -2.52. The van der Waals surface area contributed by atoms with E-state index in [4.69, 9.17) is 15.3 Å². The van der Waals surface area contributed by atoms with Crippen molar-refractivity contribution in [3.63, 3.8) is 0 Å². The van der Waals surface area contributed by atoms with Crippen molar-refractivity contribution in [2.45, 2.75) is 31.2 Å². The molecule has 5 heteroatoms. The van der Waals surface area contributed by atoms with Crippen LogP contribution in [0.4, 0.5) is 0 Å². The van der Waals surface area contributed by atoms with Crippen LogP contribution in [-0.2, 0) is 0 Å². The SMILES string of the molecule is CCC(O)(CO)C(O)C(O)CO. The maximum atomic E-state index is 9.43. The standard InChI is InChI=1S/C7H16O5/c1-2-7(12,4-9)6(11)5(10)3-8/h5-6,8-12H,2-4H2,1H3. The summed E-state index contributed by atoms with van der Waals surface area (Å²) in [5.74, 6) is 0. The van der Waals surface area contributed by atoms with Crippen molar-refractivity contribution in [1.82, 2.24) is 0 Å². The van der Waals surface area contributed by atoms with Gasteiger partial charge in [0.2, 0.25) is 0 Å². The summed E-state index contributed by atoms with van der Waals surface area (Å²) in [6.07, 6.45) is -2.86. The Morgan fingerprint density at radius 1 is 1.25 bits per heavy atom. The summed E-state index contributed by atoms with van der Waals surface area (Å²) in [6.45, 7) is 0.259. The molecule has 0 rings (SSSR count). The summed E-state index contributed by atoms with van der Waals surface area (Å²) in [5.41, 5.74) is -1.73. The van der Waals surface area contributed by atoms with Gasteiger partial charge in [0, 0.05) is 0 Å². The highest BCUT2D eigenvalue weighted by Crippen LogP contribution is 2.17. The van der Waals surface area contributed by atoms with Gasteiger partial charge in [0.15, 0.2) is 0 Å². The van der Waals surface area contributed by atoms with Gasteiger partial charge in [-0.25, -0.2) is 0 Å². The lowest BCUT2D eigenvalue weighted by Gasteiger charge is -2.32. The second kappa shape index (κ2) is 4.74. The first kappa shape index (κ1) is 11.8. The van der Waals surface area contributed by atoms with Crippen LogP contribution in [-0.4, -0.2) is 56.6 Å². The van der Waals surface area contributed by atoms with E-state index in [-0.39, 0.29) is 6.42 Å². The van der Waals surface area contributed by atoms with E-state index in [0.717, 1.165) is 0 Å². The predicted octanol–water partition coefficient (Wildman–Crippen LogP) is -2.17. The van der Waals surface area contributed by atoms with Gasteiger partial charge in [0.05, 0.1) is 13.2 Å². The lowest BCUT2D eigenvalue weighted by molar-refractivity contribution is -0.154. The highest BCUT2D eigenvalue weighted by molar-refractivity contribution is 4.88. The van der Waals surface area contributed by atoms with Gasteiger partial charge < -0.3 is 25.5 Å². The fourth-order valence-corrected chi connectivity index (χ4v) is 0.872. The van der Waals surface area contributed by atoms with E-state index in [1.807, 2.05) is 0 Å². The van der Waals surface area contributed by atoms with Gasteiger partial charge in [0.25, 0.3) is 0 Å². The van der Waals surface area contributed by atoms with Crippen molar-refractivity contribution in [3.8, 4) is 0 Å². The van der Waals surface area contributed by atoms with E-state index in [1.54, 1.807) is 6.92 Å². The first-order valence-electron chi connectivity index (χ1n) is 3.82. The van der Waals surface area contributed by atoms with Crippen molar-refractivity contribution in [2.24, 2.45) is 0 Å². The maximum Gasteiger partial charge on any atom is 0.116 e. The first-order valence-corrected chi connectivity index (χ1v) is 3.82. The highest BCUT2D eigenvalue weighted by Gasteiger charge is 2.37. The normalized spacial score (nSPS) is 21.5. The van der Waals surface area contributed by atoms with Gasteiger partial charge in [-0.05, 0) is 6.42 Å².